The van der Waals surface area contributed by atoms with E-state index in [1.54, 1.807) is 0 Å². The second kappa shape index (κ2) is 6.18. The van der Waals surface area contributed by atoms with Gasteiger partial charge in [0.1, 0.15) is 5.82 Å². The average molecular weight is 299 g/mol. The van der Waals surface area contributed by atoms with Gasteiger partial charge in [-0.2, -0.15) is 5.10 Å². The summed E-state index contributed by atoms with van der Waals surface area (Å²) in [4.78, 5) is 7.03. The zero-order valence-corrected chi connectivity index (χ0v) is 13.7. The Balaban J connectivity index is 1.70. The molecular formula is C17H25N5. The third-order valence-electron chi connectivity index (χ3n) is 4.12. The van der Waals surface area contributed by atoms with Crippen LogP contribution in [0.5, 0.6) is 0 Å². The highest BCUT2D eigenvalue weighted by molar-refractivity contribution is 5.55. The standard InChI is InChI=1S/C17H25N5/c1-17(2,3)14-6-4-13(5-7-14)16-19-15(20-21-16)12-22-10-8-18-9-11-22/h4-7,18H,8-12H2,1-3H3,(H,19,20,21). The van der Waals surface area contributed by atoms with Crippen molar-refractivity contribution >= 4 is 0 Å². The molecule has 0 atom stereocenters. The van der Waals surface area contributed by atoms with Gasteiger partial charge in [-0.05, 0) is 11.0 Å². The molecule has 2 N–H and O–H groups in total. The molecule has 1 saturated heterocycles. The molecule has 0 bridgehead atoms. The predicted octanol–water partition coefficient (Wildman–Crippen LogP) is 2.17. The van der Waals surface area contributed by atoms with E-state index in [0.29, 0.717) is 0 Å². The maximum absolute atomic E-state index is 4.64. The minimum absolute atomic E-state index is 0.172. The lowest BCUT2D eigenvalue weighted by molar-refractivity contribution is 0.228. The van der Waals surface area contributed by atoms with E-state index in [1.165, 1.54) is 5.56 Å². The summed E-state index contributed by atoms with van der Waals surface area (Å²) < 4.78 is 0. The van der Waals surface area contributed by atoms with Crippen LogP contribution in [0, 0.1) is 0 Å². The number of hydrogen-bond acceptors (Lipinski definition) is 4. The molecule has 1 aromatic heterocycles. The van der Waals surface area contributed by atoms with Gasteiger partial charge in [0, 0.05) is 31.7 Å². The highest BCUT2D eigenvalue weighted by Gasteiger charge is 2.15. The summed E-state index contributed by atoms with van der Waals surface area (Å²) in [5.41, 5.74) is 2.56. The van der Waals surface area contributed by atoms with Gasteiger partial charge >= 0.3 is 0 Å². The Kier molecular flexibility index (Phi) is 4.27. The number of nitrogens with one attached hydrogen (secondary N) is 2. The van der Waals surface area contributed by atoms with E-state index in [2.05, 4.69) is 70.4 Å². The lowest BCUT2D eigenvalue weighted by atomic mass is 9.87. The van der Waals surface area contributed by atoms with E-state index < -0.39 is 0 Å². The van der Waals surface area contributed by atoms with Crippen molar-refractivity contribution in [3.8, 4) is 11.4 Å². The summed E-state index contributed by atoms with van der Waals surface area (Å²) in [5, 5.41) is 10.8. The average Bonchev–Trinajstić information content (AvgIpc) is 2.96. The van der Waals surface area contributed by atoms with Gasteiger partial charge in [0.15, 0.2) is 5.82 Å². The molecule has 0 radical (unpaired) electrons. The van der Waals surface area contributed by atoms with Crippen LogP contribution in [0.15, 0.2) is 24.3 Å². The summed E-state index contributed by atoms with van der Waals surface area (Å²) in [7, 11) is 0. The van der Waals surface area contributed by atoms with Gasteiger partial charge in [0.05, 0.1) is 6.54 Å². The Morgan fingerprint density at radius 2 is 1.77 bits per heavy atom. The molecule has 2 heterocycles. The van der Waals surface area contributed by atoms with Crippen LogP contribution in [0.2, 0.25) is 0 Å². The lowest BCUT2D eigenvalue weighted by Gasteiger charge is -2.25. The van der Waals surface area contributed by atoms with Crippen molar-refractivity contribution < 1.29 is 0 Å². The molecule has 1 aromatic carbocycles. The summed E-state index contributed by atoms with van der Waals surface area (Å²) in [6.45, 7) is 11.7. The normalized spacial score (nSPS) is 16.9. The van der Waals surface area contributed by atoms with Crippen molar-refractivity contribution in [3.63, 3.8) is 0 Å². The first kappa shape index (κ1) is 15.2. The van der Waals surface area contributed by atoms with Gasteiger partial charge in [-0.15, -0.1) is 0 Å². The number of nitrogens with zero attached hydrogens (tertiary/aromatic N) is 3. The molecule has 5 nitrogen and oxygen atoms in total. The minimum atomic E-state index is 0.172. The van der Waals surface area contributed by atoms with Gasteiger partial charge in [0.2, 0.25) is 0 Å². The lowest BCUT2D eigenvalue weighted by Crippen LogP contribution is -2.43. The van der Waals surface area contributed by atoms with Crippen molar-refractivity contribution in [1.82, 2.24) is 25.4 Å². The molecule has 0 spiro atoms. The highest BCUT2D eigenvalue weighted by atomic mass is 15.3. The van der Waals surface area contributed by atoms with E-state index in [-0.39, 0.29) is 5.41 Å². The molecule has 5 heteroatoms. The van der Waals surface area contributed by atoms with Gasteiger partial charge in [-0.3, -0.25) is 10.00 Å². The third kappa shape index (κ3) is 3.54. The smallest absolute Gasteiger partial charge is 0.181 e. The Morgan fingerprint density at radius 3 is 2.41 bits per heavy atom. The number of H-pyrrole nitrogens is 1. The molecule has 0 saturated carbocycles. The van der Waals surface area contributed by atoms with E-state index in [1.807, 2.05) is 0 Å². The molecule has 3 rings (SSSR count). The molecule has 1 fully saturated rings. The number of aromatic amines is 1. The van der Waals surface area contributed by atoms with E-state index in [4.69, 9.17) is 0 Å². The van der Waals surface area contributed by atoms with Crippen molar-refractivity contribution in [3.05, 3.63) is 35.7 Å². The van der Waals surface area contributed by atoms with Crippen LogP contribution in [0.25, 0.3) is 11.4 Å². The van der Waals surface area contributed by atoms with Crippen molar-refractivity contribution in [2.45, 2.75) is 32.7 Å². The Morgan fingerprint density at radius 1 is 1.09 bits per heavy atom. The molecule has 118 valence electrons. The van der Waals surface area contributed by atoms with Gasteiger partial charge < -0.3 is 5.32 Å². The van der Waals surface area contributed by atoms with Crippen molar-refractivity contribution in [1.29, 1.82) is 0 Å². The quantitative estimate of drug-likeness (QED) is 0.912. The third-order valence-corrected chi connectivity index (χ3v) is 4.12. The second-order valence-electron chi connectivity index (χ2n) is 6.96. The maximum Gasteiger partial charge on any atom is 0.181 e. The summed E-state index contributed by atoms with van der Waals surface area (Å²) in [6.07, 6.45) is 0. The number of aromatic nitrogens is 3. The highest BCUT2D eigenvalue weighted by Crippen LogP contribution is 2.24. The molecule has 1 aliphatic rings. The van der Waals surface area contributed by atoms with Crippen molar-refractivity contribution in [2.24, 2.45) is 0 Å². The summed E-state index contributed by atoms with van der Waals surface area (Å²) in [5.74, 6) is 1.72. The molecule has 22 heavy (non-hydrogen) atoms. The van der Waals surface area contributed by atoms with Gasteiger partial charge in [-0.1, -0.05) is 45.0 Å². The topological polar surface area (TPSA) is 56.8 Å². The monoisotopic (exact) mass is 299 g/mol. The van der Waals surface area contributed by atoms with E-state index in [0.717, 1.165) is 49.9 Å². The first-order valence-electron chi connectivity index (χ1n) is 7.98. The van der Waals surface area contributed by atoms with Crippen LogP contribution in [0.1, 0.15) is 32.2 Å². The van der Waals surface area contributed by atoms with Crippen LogP contribution < -0.4 is 5.32 Å². The van der Waals surface area contributed by atoms with Crippen LogP contribution in [-0.4, -0.2) is 46.3 Å². The van der Waals surface area contributed by atoms with Crippen LogP contribution in [0.4, 0.5) is 0 Å². The summed E-state index contributed by atoms with van der Waals surface area (Å²) >= 11 is 0. The van der Waals surface area contributed by atoms with Crippen LogP contribution in [0.3, 0.4) is 0 Å². The maximum atomic E-state index is 4.64. The molecule has 2 aromatic rings. The molecule has 0 aliphatic carbocycles. The molecular weight excluding hydrogens is 274 g/mol. The van der Waals surface area contributed by atoms with Crippen LogP contribution in [-0.2, 0) is 12.0 Å². The largest absolute Gasteiger partial charge is 0.314 e. The number of piperazine rings is 1. The zero-order chi connectivity index (χ0) is 15.6. The molecule has 0 unspecified atom stereocenters. The second-order valence-corrected chi connectivity index (χ2v) is 6.96. The SMILES string of the molecule is CC(C)(C)c1ccc(-c2n[nH]c(CN3CCNCC3)n2)cc1. The van der Waals surface area contributed by atoms with Crippen molar-refractivity contribution in [2.75, 3.05) is 26.2 Å². The predicted molar refractivity (Wildman–Crippen MR) is 88.7 cm³/mol. The fourth-order valence-electron chi connectivity index (χ4n) is 2.70. The number of hydrogen-bond donors (Lipinski definition) is 2. The van der Waals surface area contributed by atoms with E-state index >= 15 is 0 Å². The summed E-state index contributed by atoms with van der Waals surface area (Å²) in [6, 6.07) is 8.56. The first-order chi connectivity index (χ1) is 10.5. The van der Waals surface area contributed by atoms with Gasteiger partial charge in [0.25, 0.3) is 0 Å². The Hall–Kier alpha value is -1.72. The Labute approximate surface area is 132 Å². The molecule has 1 aliphatic heterocycles. The zero-order valence-electron chi connectivity index (χ0n) is 13.7. The number of benzene rings is 1. The van der Waals surface area contributed by atoms with Gasteiger partial charge in [-0.25, -0.2) is 4.98 Å². The van der Waals surface area contributed by atoms with Crippen LogP contribution >= 0.6 is 0 Å². The fraction of sp³-hybridized carbons (Fsp3) is 0.529. The minimum Gasteiger partial charge on any atom is -0.314 e. The Bertz CT molecular complexity index is 603. The van der Waals surface area contributed by atoms with E-state index in [9.17, 15) is 0 Å². The number of rotatable bonds is 3. The molecule has 0 amide bonds. The fourth-order valence-corrected chi connectivity index (χ4v) is 2.70. The first-order valence-corrected chi connectivity index (χ1v) is 7.98.